The van der Waals surface area contributed by atoms with E-state index in [0.29, 0.717) is 29.7 Å². The minimum atomic E-state index is -1.02. The van der Waals surface area contributed by atoms with Crippen LogP contribution in [0.3, 0.4) is 0 Å². The van der Waals surface area contributed by atoms with E-state index in [4.69, 9.17) is 4.84 Å². The normalized spacial score (nSPS) is 13.5. The second kappa shape index (κ2) is 12.1. The van der Waals surface area contributed by atoms with Crippen LogP contribution in [0.5, 0.6) is 0 Å². The van der Waals surface area contributed by atoms with Gasteiger partial charge in [0.25, 0.3) is 5.91 Å². The Kier molecular flexibility index (Phi) is 8.59. The minimum Gasteiger partial charge on any atom is -0.338 e. The summed E-state index contributed by atoms with van der Waals surface area (Å²) in [6.07, 6.45) is 4.19. The summed E-state index contributed by atoms with van der Waals surface area (Å²) in [5.74, 6) is -3.22. The van der Waals surface area contributed by atoms with Crippen molar-refractivity contribution in [2.24, 2.45) is 0 Å². The molecule has 2 N–H and O–H groups in total. The molecule has 1 saturated carbocycles. The van der Waals surface area contributed by atoms with Gasteiger partial charge in [-0.25, -0.2) is 13.6 Å². The van der Waals surface area contributed by atoms with E-state index in [1.807, 2.05) is 32.0 Å². The summed E-state index contributed by atoms with van der Waals surface area (Å²) in [6.45, 7) is 4.96. The molecule has 39 heavy (non-hydrogen) atoms. The van der Waals surface area contributed by atoms with E-state index in [9.17, 15) is 23.2 Å². The maximum atomic E-state index is 14.0. The van der Waals surface area contributed by atoms with Crippen molar-refractivity contribution in [1.82, 2.24) is 5.06 Å². The Morgan fingerprint density at radius 3 is 2.13 bits per heavy atom. The number of amides is 3. The number of benzene rings is 3. The predicted octanol–water partition coefficient (Wildman–Crippen LogP) is 7.15. The Hall–Kier alpha value is -4.27. The van der Waals surface area contributed by atoms with Gasteiger partial charge in [0.05, 0.1) is 17.3 Å². The number of carbonyl (C=O) groups is 3. The van der Waals surface area contributed by atoms with Crippen molar-refractivity contribution in [3.63, 3.8) is 0 Å². The van der Waals surface area contributed by atoms with E-state index in [1.165, 1.54) is 25.1 Å². The zero-order valence-electron chi connectivity index (χ0n) is 22.1. The van der Waals surface area contributed by atoms with Crippen molar-refractivity contribution in [1.29, 1.82) is 0 Å². The molecule has 0 aliphatic heterocycles. The van der Waals surface area contributed by atoms with Crippen LogP contribution in [0, 0.1) is 25.5 Å². The van der Waals surface area contributed by atoms with E-state index in [2.05, 4.69) is 10.6 Å². The molecule has 3 aromatic rings. The van der Waals surface area contributed by atoms with Crippen LogP contribution in [-0.4, -0.2) is 29.0 Å². The number of hydrogen-bond acceptors (Lipinski definition) is 4. The lowest BCUT2D eigenvalue weighted by atomic mass is 9.94. The highest BCUT2D eigenvalue weighted by atomic mass is 19.2. The Morgan fingerprint density at radius 2 is 1.49 bits per heavy atom. The number of carbonyl (C=O) groups excluding carboxylic acids is 3. The highest BCUT2D eigenvalue weighted by molar-refractivity contribution is 6.07. The van der Waals surface area contributed by atoms with Gasteiger partial charge in [-0.05, 0) is 73.2 Å². The number of anilines is 2. The first-order valence-electron chi connectivity index (χ1n) is 12.9. The molecule has 0 saturated heterocycles. The Bertz CT molecular complexity index is 1380. The number of hydrogen-bond donors (Lipinski definition) is 2. The van der Waals surface area contributed by atoms with Crippen molar-refractivity contribution in [2.75, 3.05) is 10.6 Å². The van der Waals surface area contributed by atoms with Crippen LogP contribution >= 0.6 is 0 Å². The van der Waals surface area contributed by atoms with Gasteiger partial charge in [-0.1, -0.05) is 49.6 Å². The first-order chi connectivity index (χ1) is 18.6. The third-order valence-corrected chi connectivity index (χ3v) is 6.80. The molecular formula is C30H31F2N3O4. The van der Waals surface area contributed by atoms with Crippen molar-refractivity contribution in [3.8, 4) is 11.1 Å². The third kappa shape index (κ3) is 6.60. The van der Waals surface area contributed by atoms with Crippen LogP contribution in [0.2, 0.25) is 0 Å². The molecule has 0 radical (unpaired) electrons. The van der Waals surface area contributed by atoms with Crippen LogP contribution in [0.4, 0.5) is 25.0 Å². The summed E-state index contributed by atoms with van der Waals surface area (Å²) in [4.78, 5) is 44.1. The second-order valence-electron chi connectivity index (χ2n) is 9.74. The zero-order chi connectivity index (χ0) is 28.1. The maximum Gasteiger partial charge on any atom is 0.329 e. The summed E-state index contributed by atoms with van der Waals surface area (Å²) >= 11 is 0. The van der Waals surface area contributed by atoms with Gasteiger partial charge in [-0.3, -0.25) is 9.59 Å². The number of halogens is 2. The molecule has 1 aliphatic carbocycles. The van der Waals surface area contributed by atoms with E-state index in [-0.39, 0.29) is 17.3 Å². The number of para-hydroxylation sites is 1. The standard InChI is InChI=1S/C30H31F2N3O4/c1-18-8-7-9-19(2)28(18)34-30(38)33-27-17-22(21-13-15-25(31)26(32)16-21)12-14-24(27)29(37)35(39-20(3)36)23-10-5-4-6-11-23/h7-9,12-17,23H,4-6,10-11H2,1-3H3,(H2,33,34,38). The van der Waals surface area contributed by atoms with E-state index in [0.717, 1.165) is 47.6 Å². The summed E-state index contributed by atoms with van der Waals surface area (Å²) in [5.41, 5.74) is 3.36. The molecule has 0 bridgehead atoms. The quantitative estimate of drug-likeness (QED) is 0.340. The van der Waals surface area contributed by atoms with Gasteiger partial charge in [-0.2, -0.15) is 5.06 Å². The second-order valence-corrected chi connectivity index (χ2v) is 9.74. The van der Waals surface area contributed by atoms with Crippen LogP contribution in [0.1, 0.15) is 60.5 Å². The van der Waals surface area contributed by atoms with Gasteiger partial charge in [0, 0.05) is 12.6 Å². The highest BCUT2D eigenvalue weighted by Crippen LogP contribution is 2.31. The number of aryl methyl sites for hydroxylation is 2. The smallest absolute Gasteiger partial charge is 0.329 e. The Morgan fingerprint density at radius 1 is 0.846 bits per heavy atom. The topological polar surface area (TPSA) is 87.7 Å². The molecule has 9 heteroatoms. The van der Waals surface area contributed by atoms with Gasteiger partial charge in [0.1, 0.15) is 0 Å². The van der Waals surface area contributed by atoms with Gasteiger partial charge >= 0.3 is 12.0 Å². The minimum absolute atomic E-state index is 0.0878. The first-order valence-corrected chi connectivity index (χ1v) is 12.9. The SMILES string of the molecule is CC(=O)ON(C(=O)c1ccc(-c2ccc(F)c(F)c2)cc1NC(=O)Nc1c(C)cccc1C)C1CCCCC1. The largest absolute Gasteiger partial charge is 0.338 e. The van der Waals surface area contributed by atoms with Crippen molar-refractivity contribution in [2.45, 2.75) is 58.9 Å². The van der Waals surface area contributed by atoms with Crippen LogP contribution in [-0.2, 0) is 9.63 Å². The molecule has 0 heterocycles. The average molecular weight is 536 g/mol. The summed E-state index contributed by atoms with van der Waals surface area (Å²) in [6, 6.07) is 12.7. The van der Waals surface area contributed by atoms with Crippen LogP contribution in [0.15, 0.2) is 54.6 Å². The Balaban J connectivity index is 1.72. The molecule has 1 fully saturated rings. The fraction of sp³-hybridized carbons (Fsp3) is 0.300. The third-order valence-electron chi connectivity index (χ3n) is 6.80. The number of nitrogens with zero attached hydrogens (tertiary/aromatic N) is 1. The fourth-order valence-corrected chi connectivity index (χ4v) is 4.82. The molecule has 0 atom stereocenters. The van der Waals surface area contributed by atoms with Gasteiger partial charge in [-0.15, -0.1) is 0 Å². The van der Waals surface area contributed by atoms with Gasteiger partial charge < -0.3 is 15.5 Å². The molecular weight excluding hydrogens is 504 g/mol. The molecule has 3 aromatic carbocycles. The number of rotatable bonds is 5. The summed E-state index contributed by atoms with van der Waals surface area (Å²) in [5, 5.41) is 6.66. The van der Waals surface area contributed by atoms with Crippen molar-refractivity contribution < 1.29 is 28.0 Å². The summed E-state index contributed by atoms with van der Waals surface area (Å²) in [7, 11) is 0. The molecule has 3 amide bonds. The first kappa shape index (κ1) is 27.8. The highest BCUT2D eigenvalue weighted by Gasteiger charge is 2.31. The summed E-state index contributed by atoms with van der Waals surface area (Å²) < 4.78 is 27.5. The molecule has 0 unspecified atom stereocenters. The maximum absolute atomic E-state index is 14.0. The lowest BCUT2D eigenvalue weighted by Crippen LogP contribution is -2.42. The average Bonchev–Trinajstić information content (AvgIpc) is 2.91. The molecule has 204 valence electrons. The van der Waals surface area contributed by atoms with Crippen molar-refractivity contribution in [3.05, 3.63) is 82.9 Å². The number of urea groups is 1. The van der Waals surface area contributed by atoms with E-state index < -0.39 is 29.5 Å². The molecule has 1 aliphatic rings. The lowest BCUT2D eigenvalue weighted by molar-refractivity contribution is -0.185. The zero-order valence-corrected chi connectivity index (χ0v) is 22.1. The molecule has 0 aromatic heterocycles. The number of hydroxylamine groups is 2. The fourth-order valence-electron chi connectivity index (χ4n) is 4.82. The van der Waals surface area contributed by atoms with Crippen LogP contribution in [0.25, 0.3) is 11.1 Å². The molecule has 0 spiro atoms. The van der Waals surface area contributed by atoms with Crippen molar-refractivity contribution >= 4 is 29.3 Å². The lowest BCUT2D eigenvalue weighted by Gasteiger charge is -2.32. The van der Waals surface area contributed by atoms with Crippen LogP contribution < -0.4 is 10.6 Å². The predicted molar refractivity (Wildman–Crippen MR) is 145 cm³/mol. The molecule has 7 nitrogen and oxygen atoms in total. The van der Waals surface area contributed by atoms with Gasteiger partial charge in [0.15, 0.2) is 11.6 Å². The monoisotopic (exact) mass is 535 g/mol. The van der Waals surface area contributed by atoms with E-state index in [1.54, 1.807) is 6.07 Å². The molecule has 4 rings (SSSR count). The van der Waals surface area contributed by atoms with Gasteiger partial charge in [0.2, 0.25) is 0 Å². The Labute approximate surface area is 226 Å². The number of nitrogens with one attached hydrogen (secondary N) is 2. The van der Waals surface area contributed by atoms with E-state index >= 15 is 0 Å².